The zero-order valence-corrected chi connectivity index (χ0v) is 16.2. The fourth-order valence-electron chi connectivity index (χ4n) is 5.43. The summed E-state index contributed by atoms with van der Waals surface area (Å²) in [5, 5.41) is 6.93. The van der Waals surface area contributed by atoms with Gasteiger partial charge in [-0.3, -0.25) is 9.36 Å². The Kier molecular flexibility index (Phi) is 4.51. The maximum atomic E-state index is 13.1. The van der Waals surface area contributed by atoms with Gasteiger partial charge < -0.3 is 20.5 Å². The SMILES string of the molecule is O=C([C@H]1CC2(CCNCC2)CN1)N1CCC(n2c(=O)[nH]c3ccccc32)CC1. The van der Waals surface area contributed by atoms with E-state index < -0.39 is 0 Å². The van der Waals surface area contributed by atoms with E-state index in [0.717, 1.165) is 75.9 Å². The van der Waals surface area contributed by atoms with Crippen LogP contribution in [0.1, 0.15) is 38.1 Å². The molecule has 7 nitrogen and oxygen atoms in total. The Labute approximate surface area is 164 Å². The third-order valence-corrected chi connectivity index (χ3v) is 7.09. The van der Waals surface area contributed by atoms with E-state index in [1.165, 1.54) is 0 Å². The van der Waals surface area contributed by atoms with Crippen molar-refractivity contribution in [2.45, 2.75) is 44.2 Å². The molecule has 5 rings (SSSR count). The summed E-state index contributed by atoms with van der Waals surface area (Å²) in [7, 11) is 0. The van der Waals surface area contributed by atoms with Gasteiger partial charge in [0.05, 0.1) is 17.1 Å². The van der Waals surface area contributed by atoms with Gasteiger partial charge in [-0.25, -0.2) is 4.79 Å². The van der Waals surface area contributed by atoms with Gasteiger partial charge in [-0.1, -0.05) is 12.1 Å². The lowest BCUT2D eigenvalue weighted by molar-refractivity contribution is -0.134. The third kappa shape index (κ3) is 3.06. The number of carbonyl (C=O) groups is 1. The van der Waals surface area contributed by atoms with Crippen molar-refractivity contribution in [3.8, 4) is 0 Å². The van der Waals surface area contributed by atoms with Crippen molar-refractivity contribution >= 4 is 16.9 Å². The number of nitrogens with zero attached hydrogens (tertiary/aromatic N) is 2. The Morgan fingerprint density at radius 1 is 1.11 bits per heavy atom. The van der Waals surface area contributed by atoms with Gasteiger partial charge in [0.15, 0.2) is 0 Å². The first-order valence-electron chi connectivity index (χ1n) is 10.6. The second-order valence-electron chi connectivity index (χ2n) is 8.76. The van der Waals surface area contributed by atoms with Gasteiger partial charge in [-0.15, -0.1) is 0 Å². The second kappa shape index (κ2) is 7.04. The highest BCUT2D eigenvalue weighted by atomic mass is 16.2. The average Bonchev–Trinajstić information content (AvgIpc) is 3.28. The molecular formula is C21H29N5O2. The van der Waals surface area contributed by atoms with Gasteiger partial charge >= 0.3 is 5.69 Å². The summed E-state index contributed by atoms with van der Waals surface area (Å²) in [6, 6.07) is 7.95. The molecule has 3 fully saturated rings. The molecule has 3 saturated heterocycles. The summed E-state index contributed by atoms with van der Waals surface area (Å²) >= 11 is 0. The van der Waals surface area contributed by atoms with Gasteiger partial charge in [-0.05, 0) is 62.7 Å². The summed E-state index contributed by atoms with van der Waals surface area (Å²) in [6.45, 7) is 4.54. The smallest absolute Gasteiger partial charge is 0.326 e. The molecule has 0 bridgehead atoms. The summed E-state index contributed by atoms with van der Waals surface area (Å²) in [6.07, 6.45) is 4.95. The normalized spacial score (nSPS) is 25.6. The minimum atomic E-state index is -0.0451. The lowest BCUT2D eigenvalue weighted by atomic mass is 9.77. The highest BCUT2D eigenvalue weighted by Crippen LogP contribution is 2.38. The number of nitrogens with one attached hydrogen (secondary N) is 3. The van der Waals surface area contributed by atoms with Crippen LogP contribution in [0.3, 0.4) is 0 Å². The second-order valence-corrected chi connectivity index (χ2v) is 8.76. The number of piperidine rings is 2. The summed E-state index contributed by atoms with van der Waals surface area (Å²) < 4.78 is 1.88. The lowest BCUT2D eigenvalue weighted by Crippen LogP contribution is -2.47. The number of H-pyrrole nitrogens is 1. The van der Waals surface area contributed by atoms with E-state index in [1.54, 1.807) is 0 Å². The Bertz CT molecular complexity index is 918. The molecule has 1 atom stereocenters. The molecule has 0 aliphatic carbocycles. The monoisotopic (exact) mass is 383 g/mol. The van der Waals surface area contributed by atoms with Crippen LogP contribution in [0.25, 0.3) is 11.0 Å². The van der Waals surface area contributed by atoms with Gasteiger partial charge in [-0.2, -0.15) is 0 Å². The maximum Gasteiger partial charge on any atom is 0.326 e. The number of benzene rings is 1. The molecular weight excluding hydrogens is 354 g/mol. The molecule has 1 amide bonds. The Balaban J connectivity index is 1.24. The maximum absolute atomic E-state index is 13.1. The topological polar surface area (TPSA) is 82.2 Å². The first-order chi connectivity index (χ1) is 13.7. The number of amides is 1. The minimum Gasteiger partial charge on any atom is -0.341 e. The largest absolute Gasteiger partial charge is 0.341 e. The molecule has 0 radical (unpaired) electrons. The van der Waals surface area contributed by atoms with E-state index in [4.69, 9.17) is 0 Å². The van der Waals surface area contributed by atoms with Crippen LogP contribution in [-0.4, -0.2) is 59.1 Å². The number of hydrogen-bond acceptors (Lipinski definition) is 4. The van der Waals surface area contributed by atoms with Crippen molar-refractivity contribution < 1.29 is 4.79 Å². The number of carbonyl (C=O) groups excluding carboxylic acids is 1. The molecule has 3 aliphatic heterocycles. The van der Waals surface area contributed by atoms with E-state index in [-0.39, 0.29) is 23.7 Å². The van der Waals surface area contributed by atoms with E-state index in [1.807, 2.05) is 33.7 Å². The van der Waals surface area contributed by atoms with Crippen LogP contribution >= 0.6 is 0 Å². The molecule has 150 valence electrons. The highest BCUT2D eigenvalue weighted by molar-refractivity contribution is 5.82. The molecule has 1 aromatic carbocycles. The highest BCUT2D eigenvalue weighted by Gasteiger charge is 2.43. The van der Waals surface area contributed by atoms with E-state index in [9.17, 15) is 9.59 Å². The minimum absolute atomic E-state index is 0.0366. The van der Waals surface area contributed by atoms with Crippen LogP contribution in [0.15, 0.2) is 29.1 Å². The number of imidazole rings is 1. The number of aromatic amines is 1. The molecule has 0 unspecified atom stereocenters. The van der Waals surface area contributed by atoms with Gasteiger partial charge in [0.1, 0.15) is 0 Å². The first-order valence-corrected chi connectivity index (χ1v) is 10.6. The standard InChI is InChI=1S/C21H29N5O2/c27-19(17-13-21(14-23-17)7-9-22-10-8-21)25-11-5-15(6-12-25)26-18-4-2-1-3-16(18)24-20(26)28/h1-4,15,17,22-23H,5-14H2,(H,24,28)/t17-/m1/s1. The molecule has 4 heterocycles. The molecule has 2 aromatic rings. The Hall–Kier alpha value is -2.12. The summed E-state index contributed by atoms with van der Waals surface area (Å²) in [5.74, 6) is 0.250. The number of hydrogen-bond donors (Lipinski definition) is 3. The quantitative estimate of drug-likeness (QED) is 0.728. The molecule has 0 saturated carbocycles. The fourth-order valence-corrected chi connectivity index (χ4v) is 5.43. The Morgan fingerprint density at radius 3 is 2.64 bits per heavy atom. The number of rotatable bonds is 2. The fraction of sp³-hybridized carbons (Fsp3) is 0.619. The predicted molar refractivity (Wildman–Crippen MR) is 108 cm³/mol. The molecule has 1 spiro atoms. The van der Waals surface area contributed by atoms with Gasteiger partial charge in [0.2, 0.25) is 5.91 Å². The van der Waals surface area contributed by atoms with Crippen LogP contribution in [0.2, 0.25) is 0 Å². The van der Waals surface area contributed by atoms with E-state index in [0.29, 0.717) is 5.41 Å². The molecule has 28 heavy (non-hydrogen) atoms. The van der Waals surface area contributed by atoms with E-state index in [2.05, 4.69) is 15.6 Å². The number of fused-ring (bicyclic) bond motifs is 1. The van der Waals surface area contributed by atoms with Crippen molar-refractivity contribution in [3.63, 3.8) is 0 Å². The zero-order chi connectivity index (χ0) is 19.1. The van der Waals surface area contributed by atoms with E-state index >= 15 is 0 Å². The van der Waals surface area contributed by atoms with Crippen molar-refractivity contribution in [2.24, 2.45) is 5.41 Å². The molecule has 3 aliphatic rings. The average molecular weight is 383 g/mol. The van der Waals surface area contributed by atoms with Gasteiger partial charge in [0, 0.05) is 25.7 Å². The molecule has 1 aromatic heterocycles. The number of likely N-dealkylation sites (tertiary alicyclic amines) is 1. The Morgan fingerprint density at radius 2 is 1.86 bits per heavy atom. The van der Waals surface area contributed by atoms with Crippen LogP contribution in [0.5, 0.6) is 0 Å². The molecule has 7 heteroatoms. The van der Waals surface area contributed by atoms with Crippen LogP contribution in [-0.2, 0) is 4.79 Å². The lowest BCUT2D eigenvalue weighted by Gasteiger charge is -2.35. The van der Waals surface area contributed by atoms with Crippen LogP contribution < -0.4 is 16.3 Å². The van der Waals surface area contributed by atoms with Gasteiger partial charge in [0.25, 0.3) is 0 Å². The van der Waals surface area contributed by atoms with Crippen molar-refractivity contribution in [2.75, 3.05) is 32.7 Å². The third-order valence-electron chi connectivity index (χ3n) is 7.09. The van der Waals surface area contributed by atoms with Crippen molar-refractivity contribution in [1.29, 1.82) is 0 Å². The summed E-state index contributed by atoms with van der Waals surface area (Å²) in [5.41, 5.74) is 2.11. The number of para-hydroxylation sites is 2. The van der Waals surface area contributed by atoms with Crippen molar-refractivity contribution in [3.05, 3.63) is 34.7 Å². The van der Waals surface area contributed by atoms with Crippen molar-refractivity contribution in [1.82, 2.24) is 25.1 Å². The summed E-state index contributed by atoms with van der Waals surface area (Å²) in [4.78, 5) is 30.5. The zero-order valence-electron chi connectivity index (χ0n) is 16.2. The van der Waals surface area contributed by atoms with Crippen LogP contribution in [0.4, 0.5) is 0 Å². The number of aromatic nitrogens is 2. The predicted octanol–water partition coefficient (Wildman–Crippen LogP) is 1.22. The molecule has 3 N–H and O–H groups in total. The first kappa shape index (κ1) is 17.9. The van der Waals surface area contributed by atoms with Crippen LogP contribution in [0, 0.1) is 5.41 Å².